The van der Waals surface area contributed by atoms with E-state index in [1.165, 1.54) is 12.8 Å². The van der Waals surface area contributed by atoms with Crippen LogP contribution in [0.25, 0.3) is 0 Å². The van der Waals surface area contributed by atoms with Crippen molar-refractivity contribution in [2.45, 2.75) is 88.7 Å². The average Bonchev–Trinajstić information content (AvgIpc) is 2.37. The molecule has 0 saturated carbocycles. The van der Waals surface area contributed by atoms with Gasteiger partial charge in [-0.1, -0.05) is 36.0 Å². The minimum absolute atomic E-state index is 0.243. The zero-order chi connectivity index (χ0) is 16.5. The third kappa shape index (κ3) is 3.47. The zero-order valence-electron chi connectivity index (χ0n) is 14.0. The van der Waals surface area contributed by atoms with Gasteiger partial charge in [-0.15, -0.1) is 0 Å². The molecule has 0 aromatic carbocycles. The van der Waals surface area contributed by atoms with Crippen molar-refractivity contribution in [1.82, 2.24) is 4.90 Å². The van der Waals surface area contributed by atoms with Crippen LogP contribution in [-0.4, -0.2) is 33.3 Å². The van der Waals surface area contributed by atoms with Crippen LogP contribution in [0.1, 0.15) is 66.2 Å². The molecule has 5 heteroatoms. The second-order valence-corrected chi connectivity index (χ2v) is 8.30. The predicted octanol–water partition coefficient (Wildman–Crippen LogP) is 4.81. The molecule has 0 aromatic heterocycles. The third-order valence-corrected chi connectivity index (χ3v) is 5.33. The van der Waals surface area contributed by atoms with Crippen LogP contribution in [-0.2, 0) is 9.53 Å². The molecule has 22 heavy (non-hydrogen) atoms. The van der Waals surface area contributed by atoms with Crippen molar-refractivity contribution in [3.63, 3.8) is 0 Å². The van der Waals surface area contributed by atoms with Gasteiger partial charge >= 0.3 is 5.97 Å². The second-order valence-electron chi connectivity index (χ2n) is 6.91. The first-order valence-electron chi connectivity index (χ1n) is 8.36. The lowest BCUT2D eigenvalue weighted by atomic mass is 9.87. The number of hydrogen-bond donors (Lipinski definition) is 0. The molecule has 1 heterocycles. The monoisotopic (exact) mass is 347 g/mol. The van der Waals surface area contributed by atoms with Crippen molar-refractivity contribution in [1.29, 1.82) is 0 Å². The van der Waals surface area contributed by atoms with E-state index in [0.717, 1.165) is 37.0 Å². The maximum atomic E-state index is 12.4. The summed E-state index contributed by atoms with van der Waals surface area (Å²) in [7, 11) is 0. The Bertz CT molecular complexity index is 450. The highest BCUT2D eigenvalue weighted by atomic mass is 35.5. The number of allylic oxidation sites excluding steroid dienone is 1. The van der Waals surface area contributed by atoms with E-state index >= 15 is 0 Å². The Morgan fingerprint density at radius 3 is 2.14 bits per heavy atom. The van der Waals surface area contributed by atoms with Gasteiger partial charge in [0.05, 0.1) is 6.04 Å². The summed E-state index contributed by atoms with van der Waals surface area (Å²) in [5.41, 5.74) is 1.13. The average molecular weight is 348 g/mol. The second kappa shape index (κ2) is 7.11. The van der Waals surface area contributed by atoms with Gasteiger partial charge in [-0.2, -0.15) is 0 Å². The molecule has 2 aliphatic rings. The first kappa shape index (κ1) is 18.1. The highest BCUT2D eigenvalue weighted by molar-refractivity contribution is 6.58. The van der Waals surface area contributed by atoms with E-state index in [0.29, 0.717) is 0 Å². The van der Waals surface area contributed by atoms with Gasteiger partial charge in [0.2, 0.25) is 4.33 Å². The normalized spacial score (nSPS) is 26.0. The Morgan fingerprint density at radius 1 is 1.05 bits per heavy atom. The lowest BCUT2D eigenvalue weighted by Crippen LogP contribution is -2.59. The molecule has 0 amide bonds. The quantitative estimate of drug-likeness (QED) is 0.541. The maximum Gasteiger partial charge on any atom is 0.349 e. The maximum absolute atomic E-state index is 12.4. The first-order valence-corrected chi connectivity index (χ1v) is 9.11. The highest BCUT2D eigenvalue weighted by Gasteiger charge is 2.53. The van der Waals surface area contributed by atoms with Gasteiger partial charge in [0, 0.05) is 18.5 Å². The standard InChI is InChI=1S/C17H27Cl2NO2/c1-11(2)20(12(3)4)15-13-9-7-5-6-8-10-14(13)22-16(21)17(15,18)19/h11-12,15H,5-10H2,1-4H3. The largest absolute Gasteiger partial charge is 0.429 e. The van der Waals surface area contributed by atoms with Crippen LogP contribution in [0.5, 0.6) is 0 Å². The molecule has 0 saturated heterocycles. The molecule has 1 aliphatic heterocycles. The molecule has 1 atom stereocenters. The number of esters is 1. The SMILES string of the molecule is CC(C)N(C(C)C)C1C2=C(CCCCCC2)OC(=O)C1(Cl)Cl. The summed E-state index contributed by atoms with van der Waals surface area (Å²) in [5.74, 6) is 0.296. The molecule has 1 unspecified atom stereocenters. The summed E-state index contributed by atoms with van der Waals surface area (Å²) in [6.07, 6.45) is 6.26. The van der Waals surface area contributed by atoms with E-state index in [4.69, 9.17) is 27.9 Å². The summed E-state index contributed by atoms with van der Waals surface area (Å²) in [6, 6.07) is 0.184. The lowest BCUT2D eigenvalue weighted by molar-refractivity contribution is -0.144. The minimum Gasteiger partial charge on any atom is -0.429 e. The van der Waals surface area contributed by atoms with E-state index in [9.17, 15) is 4.79 Å². The van der Waals surface area contributed by atoms with Crippen LogP contribution in [0.2, 0.25) is 0 Å². The number of nitrogens with zero attached hydrogens (tertiary/aromatic N) is 1. The summed E-state index contributed by atoms with van der Waals surface area (Å²) in [6.45, 7) is 8.47. The van der Waals surface area contributed by atoms with Crippen LogP contribution in [0.4, 0.5) is 0 Å². The number of hydrogen-bond acceptors (Lipinski definition) is 3. The molecule has 126 valence electrons. The Balaban J connectivity index is 2.51. The van der Waals surface area contributed by atoms with E-state index in [-0.39, 0.29) is 18.1 Å². The van der Waals surface area contributed by atoms with Gasteiger partial charge in [-0.05, 0) is 52.5 Å². The molecular weight excluding hydrogens is 321 g/mol. The number of carbonyl (C=O) groups excluding carboxylic acids is 1. The van der Waals surface area contributed by atoms with Crippen molar-refractivity contribution in [2.24, 2.45) is 0 Å². The van der Waals surface area contributed by atoms with Crippen molar-refractivity contribution in [3.8, 4) is 0 Å². The predicted molar refractivity (Wildman–Crippen MR) is 91.2 cm³/mol. The smallest absolute Gasteiger partial charge is 0.349 e. The van der Waals surface area contributed by atoms with Crippen LogP contribution < -0.4 is 0 Å². The van der Waals surface area contributed by atoms with Gasteiger partial charge in [-0.25, -0.2) is 4.79 Å². The summed E-state index contributed by atoms with van der Waals surface area (Å²) in [5, 5.41) is 0. The number of alkyl halides is 2. The molecule has 0 spiro atoms. The van der Waals surface area contributed by atoms with E-state index < -0.39 is 10.3 Å². The van der Waals surface area contributed by atoms with Gasteiger partial charge < -0.3 is 4.74 Å². The summed E-state index contributed by atoms with van der Waals surface area (Å²) in [4.78, 5) is 14.6. The Labute approximate surface area is 144 Å². The van der Waals surface area contributed by atoms with Crippen molar-refractivity contribution >= 4 is 29.2 Å². The number of carbonyl (C=O) groups is 1. The number of ether oxygens (including phenoxy) is 1. The van der Waals surface area contributed by atoms with Crippen molar-refractivity contribution in [2.75, 3.05) is 0 Å². The molecule has 0 aromatic rings. The third-order valence-electron chi connectivity index (χ3n) is 4.61. The number of halogens is 2. The van der Waals surface area contributed by atoms with Crippen LogP contribution >= 0.6 is 23.2 Å². The molecular formula is C17H27Cl2NO2. The molecule has 0 fully saturated rings. The lowest BCUT2D eigenvalue weighted by Gasteiger charge is -2.46. The molecule has 0 radical (unpaired) electrons. The van der Waals surface area contributed by atoms with Crippen molar-refractivity contribution < 1.29 is 9.53 Å². The van der Waals surface area contributed by atoms with Gasteiger partial charge in [0.25, 0.3) is 0 Å². The fraction of sp³-hybridized carbons (Fsp3) is 0.824. The van der Waals surface area contributed by atoms with E-state index in [1.807, 2.05) is 0 Å². The molecule has 2 rings (SSSR count). The summed E-state index contributed by atoms with van der Waals surface area (Å²) >= 11 is 13.0. The fourth-order valence-electron chi connectivity index (χ4n) is 3.73. The molecule has 1 aliphatic carbocycles. The number of rotatable bonds is 3. The Hall–Kier alpha value is -0.250. The first-order chi connectivity index (χ1) is 10.3. The zero-order valence-corrected chi connectivity index (χ0v) is 15.5. The Morgan fingerprint density at radius 2 is 1.59 bits per heavy atom. The molecule has 0 N–H and O–H groups in total. The highest BCUT2D eigenvalue weighted by Crippen LogP contribution is 2.45. The van der Waals surface area contributed by atoms with Crippen LogP contribution in [0.15, 0.2) is 11.3 Å². The Kier molecular flexibility index (Phi) is 5.84. The van der Waals surface area contributed by atoms with E-state index in [2.05, 4.69) is 32.6 Å². The van der Waals surface area contributed by atoms with Gasteiger partial charge in [0.1, 0.15) is 5.76 Å². The topological polar surface area (TPSA) is 29.5 Å². The summed E-state index contributed by atoms with van der Waals surface area (Å²) < 4.78 is 4.00. The van der Waals surface area contributed by atoms with Crippen molar-refractivity contribution in [3.05, 3.63) is 11.3 Å². The fourth-order valence-corrected chi connectivity index (χ4v) is 4.30. The minimum atomic E-state index is -1.54. The van der Waals surface area contributed by atoms with Crippen LogP contribution in [0, 0.1) is 0 Å². The van der Waals surface area contributed by atoms with Gasteiger partial charge in [-0.3, -0.25) is 4.90 Å². The van der Waals surface area contributed by atoms with E-state index in [1.54, 1.807) is 0 Å². The molecule has 0 bridgehead atoms. The van der Waals surface area contributed by atoms with Gasteiger partial charge in [0.15, 0.2) is 0 Å². The molecule has 3 nitrogen and oxygen atoms in total. The van der Waals surface area contributed by atoms with Crippen LogP contribution in [0.3, 0.4) is 0 Å².